The first-order chi connectivity index (χ1) is 9.17. The summed E-state index contributed by atoms with van der Waals surface area (Å²) in [5.41, 5.74) is 0.702. The van der Waals surface area contributed by atoms with Gasteiger partial charge >= 0.3 is 0 Å². The van der Waals surface area contributed by atoms with Gasteiger partial charge in [-0.15, -0.1) is 0 Å². The van der Waals surface area contributed by atoms with Gasteiger partial charge in [0, 0.05) is 12.0 Å². The van der Waals surface area contributed by atoms with Gasteiger partial charge in [0.2, 0.25) is 0 Å². The first-order valence-corrected chi connectivity index (χ1v) is 6.69. The highest BCUT2D eigenvalue weighted by Gasteiger charge is 2.07. The van der Waals surface area contributed by atoms with Gasteiger partial charge in [0.15, 0.2) is 11.6 Å². The molecule has 0 aliphatic rings. The van der Waals surface area contributed by atoms with Crippen molar-refractivity contribution in [1.82, 2.24) is 0 Å². The van der Waals surface area contributed by atoms with E-state index in [2.05, 4.69) is 25.7 Å². The molecule has 1 N–H and O–H groups in total. The van der Waals surface area contributed by atoms with E-state index < -0.39 is 0 Å². The molecule has 19 heavy (non-hydrogen) atoms. The standard InChI is InChI=1S/C16H21FO2/c1-3-6-13(2)12-19-16-11-14(7-4-5-10-18)8-9-15(16)17/h8-9,11,13,18H,3,5-6,10,12H2,1-2H3. The number of halogens is 1. The maximum absolute atomic E-state index is 13.6. The van der Waals surface area contributed by atoms with Crippen molar-refractivity contribution in [3.05, 3.63) is 29.6 Å². The molecule has 1 unspecified atom stereocenters. The van der Waals surface area contributed by atoms with Crippen LogP contribution in [0.1, 0.15) is 38.7 Å². The van der Waals surface area contributed by atoms with Crippen LogP contribution in [0.25, 0.3) is 0 Å². The smallest absolute Gasteiger partial charge is 0.165 e. The molecule has 0 heterocycles. The topological polar surface area (TPSA) is 29.5 Å². The minimum Gasteiger partial charge on any atom is -0.490 e. The van der Waals surface area contributed by atoms with Crippen LogP contribution in [0.15, 0.2) is 18.2 Å². The number of rotatable bonds is 6. The fraction of sp³-hybridized carbons (Fsp3) is 0.500. The number of hydrogen-bond donors (Lipinski definition) is 1. The maximum Gasteiger partial charge on any atom is 0.165 e. The average molecular weight is 264 g/mol. The largest absolute Gasteiger partial charge is 0.490 e. The normalized spacial score (nSPS) is 11.6. The van der Waals surface area contributed by atoms with Gasteiger partial charge in [-0.1, -0.05) is 32.1 Å². The lowest BCUT2D eigenvalue weighted by molar-refractivity contribution is 0.241. The first-order valence-electron chi connectivity index (χ1n) is 6.69. The Balaban J connectivity index is 2.67. The molecule has 3 heteroatoms. The molecule has 0 bridgehead atoms. The van der Waals surface area contributed by atoms with Crippen LogP contribution in [0.5, 0.6) is 5.75 Å². The number of aliphatic hydroxyl groups excluding tert-OH is 1. The Bertz CT molecular complexity index is 446. The summed E-state index contributed by atoms with van der Waals surface area (Å²) >= 11 is 0. The minimum absolute atomic E-state index is 0.0338. The molecular weight excluding hydrogens is 243 g/mol. The van der Waals surface area contributed by atoms with E-state index in [0.717, 1.165) is 12.8 Å². The Morgan fingerprint density at radius 2 is 2.21 bits per heavy atom. The van der Waals surface area contributed by atoms with Crippen LogP contribution in [0, 0.1) is 23.6 Å². The molecule has 0 spiro atoms. The Morgan fingerprint density at radius 1 is 1.42 bits per heavy atom. The molecule has 1 aromatic carbocycles. The van der Waals surface area contributed by atoms with Crippen LogP contribution in [0.2, 0.25) is 0 Å². The van der Waals surface area contributed by atoms with E-state index in [1.165, 1.54) is 6.07 Å². The first kappa shape index (κ1) is 15.5. The van der Waals surface area contributed by atoms with Crippen molar-refractivity contribution < 1.29 is 14.2 Å². The quantitative estimate of drug-likeness (QED) is 0.798. The summed E-state index contributed by atoms with van der Waals surface area (Å²) in [6, 6.07) is 4.59. The molecule has 0 fully saturated rings. The Kier molecular flexibility index (Phi) is 6.99. The van der Waals surface area contributed by atoms with E-state index in [1.807, 2.05) is 0 Å². The second kappa shape index (κ2) is 8.55. The molecule has 1 aromatic rings. The van der Waals surface area contributed by atoms with Gasteiger partial charge in [0.1, 0.15) is 0 Å². The molecule has 104 valence electrons. The molecule has 1 rings (SSSR count). The molecule has 0 aliphatic heterocycles. The molecular formula is C16H21FO2. The highest BCUT2D eigenvalue weighted by molar-refractivity contribution is 5.40. The van der Waals surface area contributed by atoms with Crippen molar-refractivity contribution in [3.63, 3.8) is 0 Å². The molecule has 0 amide bonds. The van der Waals surface area contributed by atoms with Crippen LogP contribution in [-0.2, 0) is 0 Å². The number of hydrogen-bond acceptors (Lipinski definition) is 2. The van der Waals surface area contributed by atoms with Crippen LogP contribution in [0.4, 0.5) is 4.39 Å². The monoisotopic (exact) mass is 264 g/mol. The van der Waals surface area contributed by atoms with Crippen molar-refractivity contribution in [1.29, 1.82) is 0 Å². The van der Waals surface area contributed by atoms with Crippen molar-refractivity contribution in [2.24, 2.45) is 5.92 Å². The summed E-state index contributed by atoms with van der Waals surface area (Å²) in [6.45, 7) is 4.76. The van der Waals surface area contributed by atoms with E-state index in [-0.39, 0.29) is 18.2 Å². The highest BCUT2D eigenvalue weighted by atomic mass is 19.1. The summed E-state index contributed by atoms with van der Waals surface area (Å²) in [5.74, 6) is 5.97. The predicted molar refractivity (Wildman–Crippen MR) is 74.5 cm³/mol. The molecule has 0 aromatic heterocycles. The second-order valence-electron chi connectivity index (χ2n) is 4.63. The average Bonchev–Trinajstić information content (AvgIpc) is 2.40. The number of benzene rings is 1. The van der Waals surface area contributed by atoms with Gasteiger partial charge in [-0.25, -0.2) is 4.39 Å². The van der Waals surface area contributed by atoms with E-state index in [1.54, 1.807) is 12.1 Å². The summed E-state index contributed by atoms with van der Waals surface area (Å²) in [7, 11) is 0. The lowest BCUT2D eigenvalue weighted by Crippen LogP contribution is -2.09. The summed E-state index contributed by atoms with van der Waals surface area (Å²) in [4.78, 5) is 0. The zero-order valence-electron chi connectivity index (χ0n) is 11.6. The third kappa shape index (κ3) is 5.76. The van der Waals surface area contributed by atoms with Gasteiger partial charge in [-0.05, 0) is 30.5 Å². The van der Waals surface area contributed by atoms with Crippen molar-refractivity contribution in [2.45, 2.75) is 33.1 Å². The SMILES string of the molecule is CCCC(C)COc1cc(C#CCCO)ccc1F. The van der Waals surface area contributed by atoms with Crippen LogP contribution in [0.3, 0.4) is 0 Å². The number of aliphatic hydroxyl groups is 1. The van der Waals surface area contributed by atoms with Crippen LogP contribution < -0.4 is 4.74 Å². The van der Waals surface area contributed by atoms with Gasteiger partial charge in [-0.2, -0.15) is 0 Å². The molecule has 0 aliphatic carbocycles. The maximum atomic E-state index is 13.6. The Hall–Kier alpha value is -1.53. The van der Waals surface area contributed by atoms with Crippen molar-refractivity contribution in [2.75, 3.05) is 13.2 Å². The van der Waals surface area contributed by atoms with Crippen LogP contribution >= 0.6 is 0 Å². The molecule has 2 nitrogen and oxygen atoms in total. The molecule has 1 atom stereocenters. The fourth-order valence-corrected chi connectivity index (χ4v) is 1.72. The zero-order valence-corrected chi connectivity index (χ0v) is 11.6. The van der Waals surface area contributed by atoms with Gasteiger partial charge in [-0.3, -0.25) is 0 Å². The van der Waals surface area contributed by atoms with E-state index in [9.17, 15) is 4.39 Å². The third-order valence-electron chi connectivity index (χ3n) is 2.71. The van der Waals surface area contributed by atoms with Crippen molar-refractivity contribution >= 4 is 0 Å². The van der Waals surface area contributed by atoms with E-state index in [4.69, 9.17) is 9.84 Å². The molecule has 0 saturated heterocycles. The number of ether oxygens (including phenoxy) is 1. The van der Waals surface area contributed by atoms with E-state index in [0.29, 0.717) is 24.5 Å². The summed E-state index contributed by atoms with van der Waals surface area (Å²) < 4.78 is 19.1. The zero-order chi connectivity index (χ0) is 14.1. The Morgan fingerprint density at radius 3 is 2.89 bits per heavy atom. The second-order valence-corrected chi connectivity index (χ2v) is 4.63. The van der Waals surface area contributed by atoms with E-state index >= 15 is 0 Å². The molecule has 0 radical (unpaired) electrons. The van der Waals surface area contributed by atoms with Gasteiger partial charge in [0.05, 0.1) is 13.2 Å². The fourth-order valence-electron chi connectivity index (χ4n) is 1.72. The third-order valence-corrected chi connectivity index (χ3v) is 2.71. The van der Waals surface area contributed by atoms with Crippen LogP contribution in [-0.4, -0.2) is 18.3 Å². The summed E-state index contributed by atoms with van der Waals surface area (Å²) in [6.07, 6.45) is 2.58. The lowest BCUT2D eigenvalue weighted by atomic mass is 10.1. The van der Waals surface area contributed by atoms with Gasteiger partial charge in [0.25, 0.3) is 0 Å². The lowest BCUT2D eigenvalue weighted by Gasteiger charge is -2.12. The van der Waals surface area contributed by atoms with Gasteiger partial charge < -0.3 is 9.84 Å². The minimum atomic E-state index is -0.364. The predicted octanol–water partition coefficient (Wildman–Crippen LogP) is 3.37. The Labute approximate surface area is 114 Å². The van der Waals surface area contributed by atoms with Crippen molar-refractivity contribution in [3.8, 4) is 17.6 Å². The highest BCUT2D eigenvalue weighted by Crippen LogP contribution is 2.19. The summed E-state index contributed by atoms with van der Waals surface area (Å²) in [5, 5.41) is 8.65. The molecule has 0 saturated carbocycles.